The van der Waals surface area contributed by atoms with Gasteiger partial charge in [0.2, 0.25) is 0 Å². The van der Waals surface area contributed by atoms with Crippen molar-refractivity contribution in [2.45, 2.75) is 25.4 Å². The summed E-state index contributed by atoms with van der Waals surface area (Å²) in [6, 6.07) is 5.22. The fraction of sp³-hybridized carbons (Fsp3) is 0.571. The van der Waals surface area contributed by atoms with Crippen molar-refractivity contribution in [3.05, 3.63) is 23.8 Å². The van der Waals surface area contributed by atoms with E-state index in [4.69, 9.17) is 21.1 Å². The predicted octanol–water partition coefficient (Wildman–Crippen LogP) is 4.17. The van der Waals surface area contributed by atoms with Crippen LogP contribution in [0.25, 0.3) is 0 Å². The predicted molar refractivity (Wildman–Crippen MR) is 74.2 cm³/mol. The van der Waals surface area contributed by atoms with Gasteiger partial charge in [-0.3, -0.25) is 0 Å². The van der Waals surface area contributed by atoms with E-state index in [2.05, 4.69) is 4.74 Å². The maximum absolute atomic E-state index is 11.9. The first-order valence-corrected chi connectivity index (χ1v) is 7.08. The normalized spacial score (nSPS) is 11.5. The van der Waals surface area contributed by atoms with Gasteiger partial charge in [0, 0.05) is 11.6 Å². The first kappa shape index (κ1) is 17.9. The van der Waals surface area contributed by atoms with Crippen LogP contribution in [0.4, 0.5) is 13.2 Å². The van der Waals surface area contributed by atoms with Crippen molar-refractivity contribution in [1.82, 2.24) is 0 Å². The summed E-state index contributed by atoms with van der Waals surface area (Å²) in [6.45, 7) is 1.15. The Labute approximate surface area is 126 Å². The molecule has 0 radical (unpaired) electrons. The molecular formula is C14H18ClF3O3. The van der Waals surface area contributed by atoms with E-state index in [1.807, 2.05) is 6.92 Å². The lowest BCUT2D eigenvalue weighted by atomic mass is 10.2. The topological polar surface area (TPSA) is 27.7 Å². The molecule has 0 aliphatic heterocycles. The van der Waals surface area contributed by atoms with Crippen molar-refractivity contribution in [3.8, 4) is 11.5 Å². The van der Waals surface area contributed by atoms with E-state index in [-0.39, 0.29) is 19.1 Å². The van der Waals surface area contributed by atoms with Gasteiger partial charge in [0.05, 0.1) is 19.1 Å². The van der Waals surface area contributed by atoms with Crippen molar-refractivity contribution in [2.24, 2.45) is 0 Å². The van der Waals surface area contributed by atoms with Gasteiger partial charge >= 0.3 is 6.18 Å². The van der Waals surface area contributed by atoms with E-state index in [1.54, 1.807) is 18.2 Å². The molecule has 7 heteroatoms. The van der Waals surface area contributed by atoms with Gasteiger partial charge in [-0.1, -0.05) is 13.0 Å². The summed E-state index contributed by atoms with van der Waals surface area (Å²) < 4.78 is 51.0. The number of benzene rings is 1. The van der Waals surface area contributed by atoms with Crippen LogP contribution in [0.5, 0.6) is 11.5 Å². The average molecular weight is 327 g/mol. The summed E-state index contributed by atoms with van der Waals surface area (Å²) in [5.41, 5.74) is 0.747. The van der Waals surface area contributed by atoms with Crippen LogP contribution in [-0.4, -0.2) is 32.6 Å². The molecule has 0 heterocycles. The third-order valence-electron chi connectivity index (χ3n) is 2.41. The molecule has 1 rings (SSSR count). The zero-order valence-electron chi connectivity index (χ0n) is 11.7. The molecule has 0 atom stereocenters. The smallest absolute Gasteiger partial charge is 0.411 e. The van der Waals surface area contributed by atoms with Crippen molar-refractivity contribution >= 4 is 11.6 Å². The van der Waals surface area contributed by atoms with Crippen molar-refractivity contribution < 1.29 is 27.4 Å². The van der Waals surface area contributed by atoms with Crippen LogP contribution >= 0.6 is 11.6 Å². The van der Waals surface area contributed by atoms with Crippen LogP contribution in [0.1, 0.15) is 18.9 Å². The molecule has 0 saturated carbocycles. The zero-order valence-corrected chi connectivity index (χ0v) is 12.5. The minimum Gasteiger partial charge on any atom is -0.493 e. The Morgan fingerprint density at radius 1 is 1.10 bits per heavy atom. The van der Waals surface area contributed by atoms with Crippen LogP contribution in [0.3, 0.4) is 0 Å². The Balaban J connectivity index is 2.48. The van der Waals surface area contributed by atoms with Crippen molar-refractivity contribution in [2.75, 3.05) is 26.4 Å². The van der Waals surface area contributed by atoms with Crippen molar-refractivity contribution in [3.63, 3.8) is 0 Å². The lowest BCUT2D eigenvalue weighted by Crippen LogP contribution is -2.19. The first-order chi connectivity index (χ1) is 9.96. The summed E-state index contributed by atoms with van der Waals surface area (Å²) in [7, 11) is 0. The molecule has 0 spiro atoms. The summed E-state index contributed by atoms with van der Waals surface area (Å²) >= 11 is 5.79. The Bertz CT molecular complexity index is 424. The Kier molecular flexibility index (Phi) is 7.67. The fourth-order valence-electron chi connectivity index (χ4n) is 1.49. The number of hydrogen-bond acceptors (Lipinski definition) is 3. The van der Waals surface area contributed by atoms with Gasteiger partial charge in [0.1, 0.15) is 24.7 Å². The third-order valence-corrected chi connectivity index (χ3v) is 2.69. The molecule has 0 N–H and O–H groups in total. The number of ether oxygens (including phenoxy) is 3. The Hall–Kier alpha value is -1.14. The molecule has 21 heavy (non-hydrogen) atoms. The van der Waals surface area contributed by atoms with E-state index in [0.717, 1.165) is 12.0 Å². The van der Waals surface area contributed by atoms with Gasteiger partial charge in [-0.15, -0.1) is 11.6 Å². The average Bonchev–Trinajstić information content (AvgIpc) is 2.43. The van der Waals surface area contributed by atoms with Crippen LogP contribution in [-0.2, 0) is 10.6 Å². The van der Waals surface area contributed by atoms with Gasteiger partial charge < -0.3 is 14.2 Å². The van der Waals surface area contributed by atoms with Gasteiger partial charge in [-0.25, -0.2) is 0 Å². The molecule has 1 aromatic rings. The first-order valence-electron chi connectivity index (χ1n) is 6.55. The molecular weight excluding hydrogens is 309 g/mol. The number of alkyl halides is 4. The molecule has 0 saturated heterocycles. The van der Waals surface area contributed by atoms with Crippen LogP contribution in [0, 0.1) is 0 Å². The monoisotopic (exact) mass is 326 g/mol. The molecule has 0 unspecified atom stereocenters. The highest BCUT2D eigenvalue weighted by molar-refractivity contribution is 6.17. The summed E-state index contributed by atoms with van der Waals surface area (Å²) in [5.74, 6) is 1.37. The highest BCUT2D eigenvalue weighted by atomic mass is 35.5. The molecule has 0 amide bonds. The highest BCUT2D eigenvalue weighted by Crippen LogP contribution is 2.26. The maximum Gasteiger partial charge on any atom is 0.411 e. The second-order valence-electron chi connectivity index (χ2n) is 4.27. The molecule has 0 aliphatic carbocycles. The zero-order chi connectivity index (χ0) is 15.7. The minimum absolute atomic E-state index is 0.0111. The van der Waals surface area contributed by atoms with E-state index >= 15 is 0 Å². The molecule has 0 aromatic heterocycles. The van der Waals surface area contributed by atoms with Crippen molar-refractivity contribution in [1.29, 1.82) is 0 Å². The maximum atomic E-state index is 11.9. The largest absolute Gasteiger partial charge is 0.493 e. The molecule has 0 bridgehead atoms. The van der Waals surface area contributed by atoms with E-state index < -0.39 is 12.8 Å². The van der Waals surface area contributed by atoms with Gasteiger partial charge in [-0.2, -0.15) is 13.2 Å². The molecule has 120 valence electrons. The van der Waals surface area contributed by atoms with Gasteiger partial charge in [-0.05, 0) is 12.5 Å². The second-order valence-corrected chi connectivity index (χ2v) is 4.54. The van der Waals surface area contributed by atoms with Crippen LogP contribution in [0.2, 0.25) is 0 Å². The van der Waals surface area contributed by atoms with Crippen LogP contribution < -0.4 is 9.47 Å². The van der Waals surface area contributed by atoms with E-state index in [0.29, 0.717) is 18.1 Å². The summed E-state index contributed by atoms with van der Waals surface area (Å²) in [5, 5.41) is 0. The summed E-state index contributed by atoms with van der Waals surface area (Å²) in [4.78, 5) is 0. The SMILES string of the molecule is CCCOc1ccc(CCl)c(OCCOCC(F)(F)F)c1. The molecule has 0 aliphatic rings. The summed E-state index contributed by atoms with van der Waals surface area (Å²) in [6.07, 6.45) is -3.45. The molecule has 0 fully saturated rings. The minimum atomic E-state index is -4.32. The Morgan fingerprint density at radius 3 is 2.48 bits per heavy atom. The third kappa shape index (κ3) is 7.43. The fourth-order valence-corrected chi connectivity index (χ4v) is 1.71. The van der Waals surface area contributed by atoms with Crippen LogP contribution in [0.15, 0.2) is 18.2 Å². The van der Waals surface area contributed by atoms with E-state index in [1.165, 1.54) is 0 Å². The number of hydrogen-bond donors (Lipinski definition) is 0. The number of halogens is 4. The second kappa shape index (κ2) is 9.00. The Morgan fingerprint density at radius 2 is 1.86 bits per heavy atom. The lowest BCUT2D eigenvalue weighted by molar-refractivity contribution is -0.175. The number of rotatable bonds is 9. The van der Waals surface area contributed by atoms with Gasteiger partial charge in [0.15, 0.2) is 0 Å². The lowest BCUT2D eigenvalue weighted by Gasteiger charge is -2.13. The van der Waals surface area contributed by atoms with Gasteiger partial charge in [0.25, 0.3) is 0 Å². The molecule has 1 aromatic carbocycles. The highest BCUT2D eigenvalue weighted by Gasteiger charge is 2.27. The quantitative estimate of drug-likeness (QED) is 0.503. The standard InChI is InChI=1S/C14H18ClF3O3/c1-2-5-20-12-4-3-11(9-15)13(8-12)21-7-6-19-10-14(16,17)18/h3-4,8H,2,5-7,9-10H2,1H3. The molecule has 3 nitrogen and oxygen atoms in total. The van der Waals surface area contributed by atoms with E-state index in [9.17, 15) is 13.2 Å².